The lowest BCUT2D eigenvalue weighted by Crippen LogP contribution is -2.49. The molecule has 3 aliphatic rings. The highest BCUT2D eigenvalue weighted by atomic mass is 35.5. The Kier molecular flexibility index (Phi) is 11.5. The molecule has 2 atom stereocenters. The number of urea groups is 1. The van der Waals surface area contributed by atoms with Gasteiger partial charge in [-0.05, 0) is 61.2 Å². The van der Waals surface area contributed by atoms with Gasteiger partial charge in [-0.15, -0.1) is 0 Å². The number of aliphatic hydroxyl groups is 1. The van der Waals surface area contributed by atoms with Crippen LogP contribution in [0.5, 0.6) is 11.5 Å². The molecule has 2 fully saturated rings. The van der Waals surface area contributed by atoms with Crippen LogP contribution in [0.1, 0.15) is 65.1 Å². The molecule has 0 spiro atoms. The SMILES string of the molecule is CC1c2c(cc(F)c(Cl)c2-c2c(C(N)=O)ccc(OCCO)c2F)OC1(CNCCN1CCC(c2cccc3c(N4CCC(=O)NC4=O)nn(C)c23)CC1)c1ccccc1. The summed E-state index contributed by atoms with van der Waals surface area (Å²) in [4.78, 5) is 41.1. The number of para-hydroxylation sites is 1. The molecule has 2 saturated heterocycles. The van der Waals surface area contributed by atoms with Crippen LogP contribution in [0.3, 0.4) is 0 Å². The molecule has 4 heterocycles. The summed E-state index contributed by atoms with van der Waals surface area (Å²) in [6.45, 7) is 4.99. The molecule has 2 unspecified atom stereocenters. The van der Waals surface area contributed by atoms with Crippen molar-refractivity contribution >= 4 is 46.2 Å². The lowest BCUT2D eigenvalue weighted by atomic mass is 9.77. The average Bonchev–Trinajstić information content (AvgIpc) is 3.73. The van der Waals surface area contributed by atoms with Crippen molar-refractivity contribution in [1.29, 1.82) is 0 Å². The number of likely N-dealkylation sites (tertiary alicyclic amines) is 1. The summed E-state index contributed by atoms with van der Waals surface area (Å²) in [6, 6.07) is 18.9. The Morgan fingerprint density at radius 1 is 1.08 bits per heavy atom. The molecule has 0 bridgehead atoms. The number of rotatable bonds is 13. The van der Waals surface area contributed by atoms with Crippen molar-refractivity contribution in [2.24, 2.45) is 12.8 Å². The Hall–Kier alpha value is -5.61. The van der Waals surface area contributed by atoms with Gasteiger partial charge in [-0.1, -0.05) is 61.0 Å². The number of piperidine rings is 1. The Balaban J connectivity index is 0.996. The van der Waals surface area contributed by atoms with Crippen LogP contribution in [0.4, 0.5) is 19.4 Å². The molecule has 314 valence electrons. The van der Waals surface area contributed by atoms with Crippen molar-refractivity contribution in [3.05, 3.63) is 106 Å². The van der Waals surface area contributed by atoms with Crippen molar-refractivity contribution in [2.75, 3.05) is 57.4 Å². The zero-order valence-electron chi connectivity index (χ0n) is 33.3. The number of aromatic nitrogens is 2. The van der Waals surface area contributed by atoms with E-state index >= 15 is 8.78 Å². The van der Waals surface area contributed by atoms with Crippen LogP contribution in [0.15, 0.2) is 66.7 Å². The highest BCUT2D eigenvalue weighted by Crippen LogP contribution is 2.56. The third-order valence-electron chi connectivity index (χ3n) is 12.1. The number of imide groups is 1. The number of amides is 4. The first kappa shape index (κ1) is 41.1. The molecule has 60 heavy (non-hydrogen) atoms. The Morgan fingerprint density at radius 3 is 2.57 bits per heavy atom. The molecule has 5 N–H and O–H groups in total. The van der Waals surface area contributed by atoms with Gasteiger partial charge in [0.2, 0.25) is 11.8 Å². The molecule has 13 nitrogen and oxygen atoms in total. The monoisotopic (exact) mass is 841 g/mol. The molecule has 5 aromatic rings. The molecule has 0 saturated carbocycles. The van der Waals surface area contributed by atoms with Crippen molar-refractivity contribution in [3.8, 4) is 22.6 Å². The van der Waals surface area contributed by atoms with Crippen LogP contribution in [-0.2, 0) is 17.4 Å². The number of ether oxygens (including phenoxy) is 2. The fourth-order valence-electron chi connectivity index (χ4n) is 9.11. The smallest absolute Gasteiger partial charge is 0.329 e. The number of nitrogens with two attached hydrogens (primary N) is 1. The largest absolute Gasteiger partial charge is 0.488 e. The van der Waals surface area contributed by atoms with E-state index in [0.717, 1.165) is 48.9 Å². The van der Waals surface area contributed by atoms with Gasteiger partial charge in [-0.25, -0.2) is 13.6 Å². The maximum absolute atomic E-state index is 16.4. The number of aliphatic hydroxyl groups excluding tert-OH is 1. The minimum Gasteiger partial charge on any atom is -0.488 e. The number of carbonyl (C=O) groups excluding carboxylic acids is 3. The molecule has 3 aliphatic heterocycles. The summed E-state index contributed by atoms with van der Waals surface area (Å²) in [5.41, 5.74) is 7.47. The van der Waals surface area contributed by atoms with Crippen LogP contribution in [0.25, 0.3) is 22.0 Å². The van der Waals surface area contributed by atoms with E-state index in [9.17, 15) is 19.5 Å². The van der Waals surface area contributed by atoms with Crippen LogP contribution in [0, 0.1) is 11.6 Å². The van der Waals surface area contributed by atoms with Crippen molar-refractivity contribution in [2.45, 2.75) is 43.6 Å². The van der Waals surface area contributed by atoms with Gasteiger partial charge >= 0.3 is 6.03 Å². The van der Waals surface area contributed by atoms with Gasteiger partial charge in [0.05, 0.1) is 22.7 Å². The molecule has 0 aliphatic carbocycles. The second kappa shape index (κ2) is 16.8. The first-order valence-electron chi connectivity index (χ1n) is 20.1. The molecule has 4 amide bonds. The van der Waals surface area contributed by atoms with Gasteiger partial charge in [-0.3, -0.25) is 24.5 Å². The summed E-state index contributed by atoms with van der Waals surface area (Å²) in [5.74, 6) is -2.85. The van der Waals surface area contributed by atoms with Gasteiger partial charge in [0.15, 0.2) is 23.0 Å². The summed E-state index contributed by atoms with van der Waals surface area (Å²) >= 11 is 6.68. The van der Waals surface area contributed by atoms with Crippen molar-refractivity contribution in [1.82, 2.24) is 25.3 Å². The predicted octanol–water partition coefficient (Wildman–Crippen LogP) is 5.95. The number of carbonyl (C=O) groups is 3. The van der Waals surface area contributed by atoms with Crippen molar-refractivity contribution in [3.63, 3.8) is 0 Å². The van der Waals surface area contributed by atoms with Gasteiger partial charge in [0.25, 0.3) is 0 Å². The number of nitrogens with zero attached hydrogens (tertiary/aromatic N) is 4. The first-order chi connectivity index (χ1) is 28.9. The second-order valence-electron chi connectivity index (χ2n) is 15.5. The summed E-state index contributed by atoms with van der Waals surface area (Å²) in [6.07, 6.45) is 2.07. The minimum atomic E-state index is -1.08. The second-order valence-corrected chi connectivity index (χ2v) is 15.9. The number of primary amides is 1. The highest BCUT2D eigenvalue weighted by molar-refractivity contribution is 6.34. The van der Waals surface area contributed by atoms with Gasteiger partial charge < -0.3 is 30.5 Å². The van der Waals surface area contributed by atoms with Gasteiger partial charge in [-0.2, -0.15) is 5.10 Å². The summed E-state index contributed by atoms with van der Waals surface area (Å²) in [5, 5.41) is 20.5. The topological polar surface area (TPSA) is 164 Å². The zero-order chi connectivity index (χ0) is 42.3. The molecular formula is C44H46ClF2N7O6. The molecule has 0 radical (unpaired) electrons. The number of fused-ring (bicyclic) bond motifs is 2. The minimum absolute atomic E-state index is 0.0490. The number of benzene rings is 4. The van der Waals surface area contributed by atoms with Gasteiger partial charge in [0.1, 0.15) is 18.2 Å². The fraction of sp³-hybridized carbons (Fsp3) is 0.364. The quantitative estimate of drug-likeness (QED) is 0.105. The van der Waals surface area contributed by atoms with E-state index in [1.165, 1.54) is 28.7 Å². The first-order valence-corrected chi connectivity index (χ1v) is 20.4. The predicted molar refractivity (Wildman–Crippen MR) is 223 cm³/mol. The number of aryl methyl sites for hydroxylation is 1. The Labute approximate surface area is 350 Å². The van der Waals surface area contributed by atoms with Crippen LogP contribution in [0.2, 0.25) is 5.02 Å². The third-order valence-corrected chi connectivity index (χ3v) is 12.5. The Bertz CT molecular complexity index is 2480. The summed E-state index contributed by atoms with van der Waals surface area (Å²) in [7, 11) is 1.88. The molecule has 8 rings (SSSR count). The lowest BCUT2D eigenvalue weighted by molar-refractivity contribution is -0.120. The molecule has 16 heteroatoms. The standard InChI is InChI=1S/C44H46ClF2N7O6/c1-25-35-33(23-31(46)38(45)37(35)36-29(41(48)57)11-12-32(39(36)47)59-22-21-55)60-44(25,27-7-4-3-5-8-27)24-49-16-20-53-17-13-26(14-18-53)28-9-6-10-30-40(28)52(2)51-42(30)54-19-15-34(56)50-43(54)58/h3-12,23,25-26,49,55H,13-22,24H2,1-2H3,(H2,48,57)(H,50,56,58). The maximum Gasteiger partial charge on any atom is 0.329 e. The van der Waals surface area contributed by atoms with Crippen LogP contribution >= 0.6 is 11.6 Å². The maximum atomic E-state index is 16.4. The zero-order valence-corrected chi connectivity index (χ0v) is 34.0. The average molecular weight is 842 g/mol. The Morgan fingerprint density at radius 2 is 1.85 bits per heavy atom. The number of anilines is 1. The third kappa shape index (κ3) is 7.33. The number of hydrogen-bond donors (Lipinski definition) is 4. The van der Waals surface area contributed by atoms with E-state index < -0.39 is 40.1 Å². The van der Waals surface area contributed by atoms with E-state index in [-0.39, 0.29) is 66.2 Å². The lowest BCUT2D eigenvalue weighted by Gasteiger charge is -2.35. The number of hydrogen-bond acceptors (Lipinski definition) is 9. The normalized spacial score (nSPS) is 19.7. The van der Waals surface area contributed by atoms with E-state index in [2.05, 4.69) is 21.6 Å². The van der Waals surface area contributed by atoms with Crippen molar-refractivity contribution < 1.29 is 37.7 Å². The van der Waals surface area contributed by atoms with Crippen LogP contribution in [-0.4, -0.2) is 90.1 Å². The van der Waals surface area contributed by atoms with E-state index in [1.54, 1.807) is 0 Å². The highest BCUT2D eigenvalue weighted by Gasteiger charge is 2.50. The summed E-state index contributed by atoms with van der Waals surface area (Å²) < 4.78 is 46.1. The van der Waals surface area contributed by atoms with Gasteiger partial charge in [0, 0.05) is 73.7 Å². The number of halogens is 3. The van der Waals surface area contributed by atoms with Crippen LogP contribution < -0.4 is 30.7 Å². The molecule has 1 aromatic heterocycles. The van der Waals surface area contributed by atoms with E-state index in [0.29, 0.717) is 24.5 Å². The molecular weight excluding hydrogens is 796 g/mol. The molecule has 4 aromatic carbocycles. The van der Waals surface area contributed by atoms with E-state index in [1.807, 2.05) is 61.1 Å². The van der Waals surface area contributed by atoms with E-state index in [4.69, 9.17) is 31.9 Å². The number of nitrogens with one attached hydrogen (secondary N) is 2. The fourth-order valence-corrected chi connectivity index (χ4v) is 9.36.